The molecule has 2 heterocycles. The smallest absolute Gasteiger partial charge is 0.254 e. The molecule has 0 radical (unpaired) electrons. The fourth-order valence-corrected chi connectivity index (χ4v) is 4.98. The Kier molecular flexibility index (Phi) is 5.30. The van der Waals surface area contributed by atoms with Gasteiger partial charge in [-0.3, -0.25) is 9.59 Å². The lowest BCUT2D eigenvalue weighted by Gasteiger charge is -2.30. The Bertz CT molecular complexity index is 1390. The molecule has 6 rings (SSSR count). The highest BCUT2D eigenvalue weighted by atomic mass is 16.5. The second kappa shape index (κ2) is 8.76. The number of nitrogens with zero attached hydrogens (tertiary/aromatic N) is 1. The second-order valence-corrected chi connectivity index (χ2v) is 8.93. The van der Waals surface area contributed by atoms with Crippen LogP contribution in [0.4, 0.5) is 5.69 Å². The van der Waals surface area contributed by atoms with Gasteiger partial charge in [0.05, 0.1) is 5.92 Å². The van der Waals surface area contributed by atoms with Crippen LogP contribution in [0.5, 0.6) is 11.5 Å². The van der Waals surface area contributed by atoms with Crippen molar-refractivity contribution < 1.29 is 14.3 Å². The lowest BCUT2D eigenvalue weighted by atomic mass is 9.87. The normalized spacial score (nSPS) is 14.2. The first kappa shape index (κ1) is 21.2. The van der Waals surface area contributed by atoms with E-state index in [0.717, 1.165) is 28.8 Å². The van der Waals surface area contributed by atoms with E-state index in [1.807, 2.05) is 95.9 Å². The summed E-state index contributed by atoms with van der Waals surface area (Å²) < 4.78 is 6.04. The quantitative estimate of drug-likeness (QED) is 0.423. The summed E-state index contributed by atoms with van der Waals surface area (Å²) in [7, 11) is 0. The molecule has 5 heteroatoms. The monoisotopic (exact) mass is 460 g/mol. The van der Waals surface area contributed by atoms with E-state index < -0.39 is 5.92 Å². The maximum Gasteiger partial charge on any atom is 0.254 e. The standard InChI is InChI=1S/C30H24N2O3/c33-29(28-24-10-4-6-12-26(24)35-27-13-7-5-11-25(27)28)31-23-15-14-20-16-17-32(19-22(20)18-23)30(34)21-8-2-1-3-9-21/h1-15,18,28H,16-17,19H2,(H,31,33). The largest absolute Gasteiger partial charge is 0.457 e. The van der Waals surface area contributed by atoms with Gasteiger partial charge in [0, 0.05) is 35.5 Å². The molecular weight excluding hydrogens is 436 g/mol. The van der Waals surface area contributed by atoms with Crippen LogP contribution >= 0.6 is 0 Å². The van der Waals surface area contributed by atoms with Crippen LogP contribution in [0, 0.1) is 0 Å². The predicted octanol–water partition coefficient (Wildman–Crippen LogP) is 5.76. The fraction of sp³-hybridized carbons (Fsp3) is 0.133. The summed E-state index contributed by atoms with van der Waals surface area (Å²) in [4.78, 5) is 28.4. The molecule has 0 aliphatic carbocycles. The Morgan fingerprint density at radius 2 is 1.43 bits per heavy atom. The molecule has 5 nitrogen and oxygen atoms in total. The van der Waals surface area contributed by atoms with Gasteiger partial charge in [-0.2, -0.15) is 0 Å². The SMILES string of the molecule is O=C(Nc1ccc2c(c1)CN(C(=O)c1ccccc1)CC2)C1c2ccccc2Oc2ccccc21. The molecule has 0 saturated heterocycles. The lowest BCUT2D eigenvalue weighted by Crippen LogP contribution is -2.36. The number of carbonyl (C=O) groups is 2. The van der Waals surface area contributed by atoms with Crippen LogP contribution in [-0.2, 0) is 17.8 Å². The van der Waals surface area contributed by atoms with Gasteiger partial charge in [0.25, 0.3) is 5.91 Å². The number of benzene rings is 4. The van der Waals surface area contributed by atoms with Gasteiger partial charge in [-0.05, 0) is 53.9 Å². The highest BCUT2D eigenvalue weighted by Gasteiger charge is 2.32. The molecule has 2 aliphatic rings. The van der Waals surface area contributed by atoms with Crippen molar-refractivity contribution in [2.75, 3.05) is 11.9 Å². The molecule has 4 aromatic carbocycles. The van der Waals surface area contributed by atoms with E-state index in [0.29, 0.717) is 30.2 Å². The van der Waals surface area contributed by atoms with E-state index in [1.165, 1.54) is 5.56 Å². The van der Waals surface area contributed by atoms with E-state index in [4.69, 9.17) is 4.74 Å². The van der Waals surface area contributed by atoms with Gasteiger partial charge in [0.1, 0.15) is 11.5 Å². The summed E-state index contributed by atoms with van der Waals surface area (Å²) in [6.45, 7) is 1.21. The summed E-state index contributed by atoms with van der Waals surface area (Å²) in [5, 5.41) is 3.12. The maximum absolute atomic E-state index is 13.6. The molecule has 1 N–H and O–H groups in total. The van der Waals surface area contributed by atoms with Gasteiger partial charge in [0.15, 0.2) is 0 Å². The fourth-order valence-electron chi connectivity index (χ4n) is 4.98. The van der Waals surface area contributed by atoms with Crippen LogP contribution in [-0.4, -0.2) is 23.3 Å². The van der Waals surface area contributed by atoms with Gasteiger partial charge in [0.2, 0.25) is 5.91 Å². The summed E-state index contributed by atoms with van der Waals surface area (Å²) in [5.41, 5.74) is 5.39. The topological polar surface area (TPSA) is 58.6 Å². The molecule has 0 spiro atoms. The van der Waals surface area contributed by atoms with E-state index in [9.17, 15) is 9.59 Å². The van der Waals surface area contributed by atoms with Gasteiger partial charge in [-0.25, -0.2) is 0 Å². The van der Waals surface area contributed by atoms with Crippen LogP contribution < -0.4 is 10.1 Å². The molecule has 172 valence electrons. The van der Waals surface area contributed by atoms with Crippen molar-refractivity contribution in [1.82, 2.24) is 4.90 Å². The summed E-state index contributed by atoms with van der Waals surface area (Å²) in [6, 6.07) is 30.7. The van der Waals surface area contributed by atoms with Crippen LogP contribution in [0.15, 0.2) is 97.1 Å². The Hall–Kier alpha value is -4.38. The first-order valence-electron chi connectivity index (χ1n) is 11.8. The number of hydrogen-bond acceptors (Lipinski definition) is 3. The molecule has 0 fully saturated rings. The van der Waals surface area contributed by atoms with E-state index in [1.54, 1.807) is 0 Å². The number of ether oxygens (including phenoxy) is 1. The molecule has 0 saturated carbocycles. The van der Waals surface area contributed by atoms with Crippen LogP contribution in [0.1, 0.15) is 38.5 Å². The second-order valence-electron chi connectivity index (χ2n) is 8.93. The summed E-state index contributed by atoms with van der Waals surface area (Å²) in [6.07, 6.45) is 0.794. The van der Waals surface area contributed by atoms with Crippen molar-refractivity contribution >= 4 is 17.5 Å². The van der Waals surface area contributed by atoms with E-state index >= 15 is 0 Å². The number of amides is 2. The van der Waals surface area contributed by atoms with Gasteiger partial charge in [-0.15, -0.1) is 0 Å². The zero-order valence-corrected chi connectivity index (χ0v) is 19.1. The molecule has 35 heavy (non-hydrogen) atoms. The van der Waals surface area contributed by atoms with Crippen molar-refractivity contribution in [1.29, 1.82) is 0 Å². The van der Waals surface area contributed by atoms with Crippen molar-refractivity contribution in [3.8, 4) is 11.5 Å². The minimum atomic E-state index is -0.469. The molecule has 0 aromatic heterocycles. The number of rotatable bonds is 3. The van der Waals surface area contributed by atoms with Crippen LogP contribution in [0.3, 0.4) is 0 Å². The van der Waals surface area contributed by atoms with E-state index in [2.05, 4.69) is 11.4 Å². The third-order valence-electron chi connectivity index (χ3n) is 6.74. The minimum absolute atomic E-state index is 0.0288. The van der Waals surface area contributed by atoms with Crippen molar-refractivity contribution in [2.24, 2.45) is 0 Å². The molecule has 0 unspecified atom stereocenters. The number of carbonyl (C=O) groups excluding carboxylic acids is 2. The maximum atomic E-state index is 13.6. The predicted molar refractivity (Wildman–Crippen MR) is 135 cm³/mol. The van der Waals surface area contributed by atoms with Crippen LogP contribution in [0.2, 0.25) is 0 Å². The third-order valence-corrected chi connectivity index (χ3v) is 6.74. The lowest BCUT2D eigenvalue weighted by molar-refractivity contribution is -0.116. The summed E-state index contributed by atoms with van der Waals surface area (Å²) in [5.74, 6) is 0.851. The van der Waals surface area contributed by atoms with Crippen LogP contribution in [0.25, 0.3) is 0 Å². The molecule has 2 aliphatic heterocycles. The molecule has 0 bridgehead atoms. The van der Waals surface area contributed by atoms with Gasteiger partial charge >= 0.3 is 0 Å². The highest BCUT2D eigenvalue weighted by molar-refractivity contribution is 5.99. The Balaban J connectivity index is 1.26. The minimum Gasteiger partial charge on any atom is -0.457 e. The average molecular weight is 461 g/mol. The Labute approximate surface area is 204 Å². The third kappa shape index (κ3) is 3.95. The number of anilines is 1. The van der Waals surface area contributed by atoms with Gasteiger partial charge in [-0.1, -0.05) is 60.7 Å². The number of hydrogen-bond donors (Lipinski definition) is 1. The zero-order chi connectivity index (χ0) is 23.8. The highest BCUT2D eigenvalue weighted by Crippen LogP contribution is 2.44. The number of para-hydroxylation sites is 2. The van der Waals surface area contributed by atoms with Gasteiger partial charge < -0.3 is 15.0 Å². The molecule has 4 aromatic rings. The molecular formula is C30H24N2O3. The first-order chi connectivity index (χ1) is 17.2. The number of nitrogens with one attached hydrogen (secondary N) is 1. The first-order valence-corrected chi connectivity index (χ1v) is 11.8. The summed E-state index contributed by atoms with van der Waals surface area (Å²) >= 11 is 0. The van der Waals surface area contributed by atoms with E-state index in [-0.39, 0.29) is 11.8 Å². The number of fused-ring (bicyclic) bond motifs is 3. The van der Waals surface area contributed by atoms with Crippen molar-refractivity contribution in [3.63, 3.8) is 0 Å². The molecule has 2 amide bonds. The van der Waals surface area contributed by atoms with Crippen molar-refractivity contribution in [2.45, 2.75) is 18.9 Å². The molecule has 0 atom stereocenters. The Morgan fingerprint density at radius 1 is 0.771 bits per heavy atom. The average Bonchev–Trinajstić information content (AvgIpc) is 2.91. The Morgan fingerprint density at radius 3 is 2.14 bits per heavy atom. The van der Waals surface area contributed by atoms with Crippen molar-refractivity contribution in [3.05, 3.63) is 125 Å². The zero-order valence-electron chi connectivity index (χ0n) is 19.1.